The van der Waals surface area contributed by atoms with E-state index in [9.17, 15) is 18.3 Å². The van der Waals surface area contributed by atoms with Crippen LogP contribution in [0.15, 0.2) is 73.3 Å². The summed E-state index contributed by atoms with van der Waals surface area (Å²) >= 11 is 0. The summed E-state index contributed by atoms with van der Waals surface area (Å²) in [5.74, 6) is -2.27. The molecule has 0 saturated carbocycles. The molecular formula is C29H27F3O2. The molecule has 2 atom stereocenters. The van der Waals surface area contributed by atoms with Gasteiger partial charge in [0.1, 0.15) is 12.4 Å². The lowest BCUT2D eigenvalue weighted by atomic mass is 9.83. The fourth-order valence-corrected chi connectivity index (χ4v) is 4.35. The number of hydrogen-bond acceptors (Lipinski definition) is 2. The van der Waals surface area contributed by atoms with E-state index >= 15 is 0 Å². The Morgan fingerprint density at radius 2 is 1.65 bits per heavy atom. The van der Waals surface area contributed by atoms with Gasteiger partial charge in [-0.05, 0) is 72.6 Å². The molecular weight excluding hydrogens is 437 g/mol. The molecule has 0 spiro atoms. The summed E-state index contributed by atoms with van der Waals surface area (Å²) in [6, 6.07) is 14.9. The molecule has 0 radical (unpaired) electrons. The number of ether oxygens (including phenoxy) is 1. The molecule has 5 heteroatoms. The maximum absolute atomic E-state index is 14.9. The molecule has 3 aromatic carbocycles. The largest absolute Gasteiger partial charge is 0.486 e. The van der Waals surface area contributed by atoms with Crippen molar-refractivity contribution in [3.8, 4) is 28.0 Å². The summed E-state index contributed by atoms with van der Waals surface area (Å²) in [6.07, 6.45) is 5.44. The molecule has 0 saturated heterocycles. The Bertz CT molecular complexity index is 1210. The first kappa shape index (κ1) is 23.8. The minimum absolute atomic E-state index is 0.0828. The van der Waals surface area contributed by atoms with Crippen LogP contribution in [0.1, 0.15) is 31.7 Å². The van der Waals surface area contributed by atoms with Gasteiger partial charge in [0.25, 0.3) is 0 Å². The van der Waals surface area contributed by atoms with Crippen molar-refractivity contribution in [3.05, 3.63) is 96.3 Å². The molecule has 4 rings (SSSR count). The van der Waals surface area contributed by atoms with E-state index < -0.39 is 11.6 Å². The second-order valence-corrected chi connectivity index (χ2v) is 8.62. The molecule has 0 aromatic heterocycles. The number of hydrogen-bond donors (Lipinski definition) is 1. The Labute approximate surface area is 198 Å². The van der Waals surface area contributed by atoms with Gasteiger partial charge in [-0.1, -0.05) is 55.1 Å². The highest BCUT2D eigenvalue weighted by Crippen LogP contribution is 2.35. The van der Waals surface area contributed by atoms with Gasteiger partial charge in [-0.2, -0.15) is 4.39 Å². The average Bonchev–Trinajstić information content (AvgIpc) is 2.85. The molecule has 3 aromatic rings. The van der Waals surface area contributed by atoms with Crippen molar-refractivity contribution in [2.45, 2.75) is 32.3 Å². The minimum Gasteiger partial charge on any atom is -0.486 e. The highest BCUT2D eigenvalue weighted by molar-refractivity contribution is 5.74. The van der Waals surface area contributed by atoms with Crippen LogP contribution in [0.5, 0.6) is 5.75 Å². The van der Waals surface area contributed by atoms with Crippen LogP contribution in [0.4, 0.5) is 13.2 Å². The van der Waals surface area contributed by atoms with Crippen molar-refractivity contribution in [1.82, 2.24) is 0 Å². The third kappa shape index (κ3) is 4.95. The van der Waals surface area contributed by atoms with Gasteiger partial charge >= 0.3 is 0 Å². The monoisotopic (exact) mass is 464 g/mol. The van der Waals surface area contributed by atoms with Crippen LogP contribution in [0.3, 0.4) is 0 Å². The number of aliphatic hydroxyl groups is 1. The first-order chi connectivity index (χ1) is 16.4. The number of benzene rings is 3. The summed E-state index contributed by atoms with van der Waals surface area (Å²) in [5, 5.41) is 9.76. The van der Waals surface area contributed by atoms with E-state index in [2.05, 4.69) is 6.58 Å². The smallest absolute Gasteiger partial charge is 0.201 e. The molecule has 34 heavy (non-hydrogen) atoms. The summed E-state index contributed by atoms with van der Waals surface area (Å²) in [6.45, 7) is 5.37. The predicted molar refractivity (Wildman–Crippen MR) is 130 cm³/mol. The first-order valence-electron chi connectivity index (χ1n) is 11.4. The first-order valence-corrected chi connectivity index (χ1v) is 11.4. The molecule has 0 amide bonds. The van der Waals surface area contributed by atoms with Crippen LogP contribution in [0.25, 0.3) is 27.8 Å². The molecule has 0 heterocycles. The molecule has 0 aliphatic heterocycles. The summed E-state index contributed by atoms with van der Waals surface area (Å²) in [4.78, 5) is 0. The fraction of sp³-hybridized carbons (Fsp3) is 0.241. The second kappa shape index (κ2) is 10.3. The maximum atomic E-state index is 14.9. The Morgan fingerprint density at radius 3 is 2.26 bits per heavy atom. The van der Waals surface area contributed by atoms with Crippen LogP contribution in [0.2, 0.25) is 0 Å². The lowest BCUT2D eigenvalue weighted by Crippen LogP contribution is -2.18. The molecule has 176 valence electrons. The fourth-order valence-electron chi connectivity index (χ4n) is 4.35. The third-order valence-corrected chi connectivity index (χ3v) is 6.38. The van der Waals surface area contributed by atoms with Gasteiger partial charge in [0, 0.05) is 11.1 Å². The van der Waals surface area contributed by atoms with Crippen molar-refractivity contribution in [3.63, 3.8) is 0 Å². The van der Waals surface area contributed by atoms with E-state index in [1.54, 1.807) is 37.3 Å². The lowest BCUT2D eigenvalue weighted by Gasteiger charge is -2.24. The Hall–Kier alpha value is -3.31. The number of aliphatic hydroxyl groups excluding tert-OH is 1. The zero-order valence-electron chi connectivity index (χ0n) is 19.0. The van der Waals surface area contributed by atoms with Crippen LogP contribution in [0, 0.1) is 23.4 Å². The SMILES string of the molecule is C=CCOc1ccc(-c2ccc(-c3ccc(C4=CCC(C(C)O)CC4)c(F)c3)cc2)c(F)c1F. The van der Waals surface area contributed by atoms with Crippen molar-refractivity contribution in [2.24, 2.45) is 5.92 Å². The van der Waals surface area contributed by atoms with E-state index in [1.807, 2.05) is 12.1 Å². The Kier molecular flexibility index (Phi) is 7.23. The van der Waals surface area contributed by atoms with E-state index in [-0.39, 0.29) is 35.8 Å². The van der Waals surface area contributed by atoms with Gasteiger partial charge < -0.3 is 9.84 Å². The minimum atomic E-state index is -1.04. The van der Waals surface area contributed by atoms with Crippen molar-refractivity contribution < 1.29 is 23.0 Å². The predicted octanol–water partition coefficient (Wildman–Crippen LogP) is 7.57. The number of rotatable bonds is 7. The lowest BCUT2D eigenvalue weighted by molar-refractivity contribution is 0.120. The number of halogens is 3. The van der Waals surface area contributed by atoms with Crippen molar-refractivity contribution in [2.75, 3.05) is 6.61 Å². The van der Waals surface area contributed by atoms with Crippen LogP contribution in [-0.2, 0) is 0 Å². The Balaban J connectivity index is 1.54. The zero-order valence-corrected chi connectivity index (χ0v) is 19.0. The molecule has 0 fully saturated rings. The second-order valence-electron chi connectivity index (χ2n) is 8.62. The quantitative estimate of drug-likeness (QED) is 0.366. The van der Waals surface area contributed by atoms with Gasteiger partial charge in [0.05, 0.1) is 6.10 Å². The number of allylic oxidation sites excluding steroid dienone is 2. The average molecular weight is 465 g/mol. The molecule has 2 nitrogen and oxygen atoms in total. The third-order valence-electron chi connectivity index (χ3n) is 6.38. The Morgan fingerprint density at radius 1 is 0.971 bits per heavy atom. The maximum Gasteiger partial charge on any atom is 0.201 e. The zero-order chi connectivity index (χ0) is 24.2. The van der Waals surface area contributed by atoms with E-state index in [0.29, 0.717) is 16.7 Å². The molecule has 1 aliphatic rings. The van der Waals surface area contributed by atoms with Gasteiger partial charge in [0.2, 0.25) is 5.82 Å². The standard InChI is InChI=1S/C29H27F3O2/c1-3-16-34-27-15-14-25(28(31)29(27)32)22-10-6-20(7-11-22)23-12-13-24(26(30)17-23)21-8-4-19(5-9-21)18(2)33/h3,6-8,10-15,17-19,33H,1,4-5,9,16H2,2H3. The van der Waals surface area contributed by atoms with E-state index in [0.717, 1.165) is 30.4 Å². The summed E-state index contributed by atoms with van der Waals surface area (Å²) in [5.41, 5.74) is 3.65. The molecule has 0 bridgehead atoms. The molecule has 2 unspecified atom stereocenters. The highest BCUT2D eigenvalue weighted by Gasteiger charge is 2.21. The van der Waals surface area contributed by atoms with Gasteiger partial charge in [0.15, 0.2) is 11.6 Å². The van der Waals surface area contributed by atoms with Crippen LogP contribution >= 0.6 is 0 Å². The van der Waals surface area contributed by atoms with Gasteiger partial charge in [-0.3, -0.25) is 0 Å². The normalized spacial score (nSPS) is 16.6. The molecule has 1 aliphatic carbocycles. The topological polar surface area (TPSA) is 29.5 Å². The van der Waals surface area contributed by atoms with Crippen LogP contribution in [-0.4, -0.2) is 17.8 Å². The molecule has 1 N–H and O–H groups in total. The van der Waals surface area contributed by atoms with E-state index in [4.69, 9.17) is 4.74 Å². The highest BCUT2D eigenvalue weighted by atomic mass is 19.2. The summed E-state index contributed by atoms with van der Waals surface area (Å²) in [7, 11) is 0. The van der Waals surface area contributed by atoms with E-state index in [1.165, 1.54) is 24.3 Å². The van der Waals surface area contributed by atoms with Crippen molar-refractivity contribution >= 4 is 5.57 Å². The van der Waals surface area contributed by atoms with Crippen molar-refractivity contribution in [1.29, 1.82) is 0 Å². The van der Waals surface area contributed by atoms with Gasteiger partial charge in [-0.15, -0.1) is 0 Å². The summed E-state index contributed by atoms with van der Waals surface area (Å²) < 4.78 is 49.0. The van der Waals surface area contributed by atoms with Crippen LogP contribution < -0.4 is 4.74 Å². The van der Waals surface area contributed by atoms with Gasteiger partial charge in [-0.25, -0.2) is 8.78 Å².